The third kappa shape index (κ3) is 3.35. The van der Waals surface area contributed by atoms with Gasteiger partial charge in [-0.2, -0.15) is 4.98 Å². The van der Waals surface area contributed by atoms with Crippen LogP contribution < -0.4 is 5.32 Å². The van der Waals surface area contributed by atoms with Crippen LogP contribution in [0.25, 0.3) is 11.4 Å². The quantitative estimate of drug-likeness (QED) is 0.738. The van der Waals surface area contributed by atoms with E-state index in [2.05, 4.69) is 20.4 Å². The number of methoxy groups -OCH3 is 1. The monoisotopic (exact) mass is 368 g/mol. The number of nitrogens with one attached hydrogen (secondary N) is 1. The molecular weight excluding hydrogens is 348 g/mol. The van der Waals surface area contributed by atoms with Crippen molar-refractivity contribution in [1.29, 1.82) is 0 Å². The maximum atomic E-state index is 12.5. The summed E-state index contributed by atoms with van der Waals surface area (Å²) in [6, 6.07) is 5.94. The molecule has 8 heteroatoms. The van der Waals surface area contributed by atoms with Crippen molar-refractivity contribution in [2.75, 3.05) is 7.11 Å². The molecule has 8 nitrogen and oxygen atoms in total. The molecule has 0 saturated heterocycles. The first-order valence-corrected chi connectivity index (χ1v) is 8.74. The van der Waals surface area contributed by atoms with E-state index in [0.29, 0.717) is 23.3 Å². The number of oxazole rings is 1. The SMILES string of the molecule is COCc1nc(-c2ccc3c(c2)CC[C@H]3NC(=O)c2oc(C)nc2C)no1. The first kappa shape index (κ1) is 17.4. The first-order chi connectivity index (χ1) is 13.0. The number of benzene rings is 1. The maximum Gasteiger partial charge on any atom is 0.289 e. The third-order valence-electron chi connectivity index (χ3n) is 4.63. The highest BCUT2D eigenvalue weighted by Crippen LogP contribution is 2.34. The summed E-state index contributed by atoms with van der Waals surface area (Å²) in [4.78, 5) is 21.0. The topological polar surface area (TPSA) is 103 Å². The zero-order valence-electron chi connectivity index (χ0n) is 15.4. The molecule has 1 aromatic carbocycles. The molecule has 1 atom stereocenters. The number of aryl methyl sites for hydroxylation is 3. The summed E-state index contributed by atoms with van der Waals surface area (Å²) in [6.07, 6.45) is 1.70. The second-order valence-electron chi connectivity index (χ2n) is 6.57. The van der Waals surface area contributed by atoms with Crippen molar-refractivity contribution >= 4 is 5.91 Å². The van der Waals surface area contributed by atoms with Crippen molar-refractivity contribution in [3.8, 4) is 11.4 Å². The van der Waals surface area contributed by atoms with E-state index in [1.165, 1.54) is 5.56 Å². The Morgan fingerprint density at radius 3 is 2.93 bits per heavy atom. The molecule has 0 fully saturated rings. The van der Waals surface area contributed by atoms with Gasteiger partial charge in [0.05, 0.1) is 11.7 Å². The van der Waals surface area contributed by atoms with Crippen LogP contribution >= 0.6 is 0 Å². The molecule has 0 aliphatic heterocycles. The molecule has 2 heterocycles. The second kappa shape index (κ2) is 6.96. The zero-order chi connectivity index (χ0) is 19.0. The van der Waals surface area contributed by atoms with Crippen molar-refractivity contribution in [3.63, 3.8) is 0 Å². The number of nitrogens with zero attached hydrogens (tertiary/aromatic N) is 3. The fourth-order valence-electron chi connectivity index (χ4n) is 3.43. The minimum absolute atomic E-state index is 0.0549. The van der Waals surface area contributed by atoms with Crippen molar-refractivity contribution in [2.24, 2.45) is 0 Å². The number of fused-ring (bicyclic) bond motifs is 1. The van der Waals surface area contributed by atoms with Gasteiger partial charge in [-0.05, 0) is 37.0 Å². The molecule has 2 aromatic heterocycles. The predicted molar refractivity (Wildman–Crippen MR) is 95.0 cm³/mol. The fraction of sp³-hybridized carbons (Fsp3) is 0.368. The molecule has 0 saturated carbocycles. The lowest BCUT2D eigenvalue weighted by Crippen LogP contribution is -2.27. The zero-order valence-corrected chi connectivity index (χ0v) is 15.4. The van der Waals surface area contributed by atoms with Crippen LogP contribution in [-0.4, -0.2) is 28.1 Å². The highest BCUT2D eigenvalue weighted by atomic mass is 16.5. The van der Waals surface area contributed by atoms with E-state index in [0.717, 1.165) is 24.0 Å². The Labute approximate surface area is 155 Å². The van der Waals surface area contributed by atoms with Crippen molar-refractivity contribution in [1.82, 2.24) is 20.4 Å². The summed E-state index contributed by atoms with van der Waals surface area (Å²) in [5.74, 6) is 1.50. The van der Waals surface area contributed by atoms with Gasteiger partial charge in [0.15, 0.2) is 5.89 Å². The molecule has 1 N–H and O–H groups in total. The van der Waals surface area contributed by atoms with E-state index in [1.807, 2.05) is 18.2 Å². The van der Waals surface area contributed by atoms with Gasteiger partial charge in [-0.3, -0.25) is 4.79 Å². The van der Waals surface area contributed by atoms with Gasteiger partial charge in [0.1, 0.15) is 6.61 Å². The number of hydrogen-bond donors (Lipinski definition) is 1. The van der Waals surface area contributed by atoms with Gasteiger partial charge >= 0.3 is 0 Å². The third-order valence-corrected chi connectivity index (χ3v) is 4.63. The number of carbonyl (C=O) groups excluding carboxylic acids is 1. The minimum Gasteiger partial charge on any atom is -0.436 e. The van der Waals surface area contributed by atoms with Crippen LogP contribution in [0.1, 0.15) is 51.6 Å². The van der Waals surface area contributed by atoms with Crippen LogP contribution in [0, 0.1) is 13.8 Å². The maximum absolute atomic E-state index is 12.5. The minimum atomic E-state index is -0.239. The number of carbonyl (C=O) groups is 1. The molecule has 3 aromatic rings. The van der Waals surface area contributed by atoms with Crippen LogP contribution in [0.2, 0.25) is 0 Å². The molecule has 140 valence electrons. The standard InChI is InChI=1S/C19H20N4O4/c1-10-17(26-11(2)20-10)19(24)21-15-7-5-12-8-13(4-6-14(12)15)18-22-16(9-25-3)27-23-18/h4,6,8,15H,5,7,9H2,1-3H3,(H,21,24)/t15-/m1/s1. The Morgan fingerprint density at radius 2 is 2.19 bits per heavy atom. The van der Waals surface area contributed by atoms with E-state index in [-0.39, 0.29) is 24.3 Å². The Kier molecular flexibility index (Phi) is 4.49. The first-order valence-electron chi connectivity index (χ1n) is 8.74. The number of rotatable bonds is 5. The molecule has 0 spiro atoms. The molecule has 0 unspecified atom stereocenters. The Morgan fingerprint density at radius 1 is 1.33 bits per heavy atom. The predicted octanol–water partition coefficient (Wildman–Crippen LogP) is 2.91. The molecule has 27 heavy (non-hydrogen) atoms. The van der Waals surface area contributed by atoms with Gasteiger partial charge < -0.3 is 19.0 Å². The van der Waals surface area contributed by atoms with Crippen LogP contribution in [0.15, 0.2) is 27.1 Å². The summed E-state index contributed by atoms with van der Waals surface area (Å²) in [7, 11) is 1.58. The van der Waals surface area contributed by atoms with Crippen molar-refractivity contribution in [2.45, 2.75) is 39.3 Å². The lowest BCUT2D eigenvalue weighted by Gasteiger charge is -2.13. The number of amides is 1. The molecule has 1 aliphatic rings. The second-order valence-corrected chi connectivity index (χ2v) is 6.57. The average Bonchev–Trinajstić information content (AvgIpc) is 3.34. The van der Waals surface area contributed by atoms with E-state index in [1.54, 1.807) is 21.0 Å². The smallest absolute Gasteiger partial charge is 0.289 e. The molecule has 1 amide bonds. The number of ether oxygens (including phenoxy) is 1. The molecular formula is C19H20N4O4. The lowest BCUT2D eigenvalue weighted by atomic mass is 10.0. The van der Waals surface area contributed by atoms with E-state index in [4.69, 9.17) is 13.7 Å². The Hall–Kier alpha value is -3.00. The lowest BCUT2D eigenvalue weighted by molar-refractivity contribution is 0.0906. The summed E-state index contributed by atoms with van der Waals surface area (Å²) in [6.45, 7) is 3.78. The van der Waals surface area contributed by atoms with Crippen molar-refractivity contribution < 1.29 is 18.5 Å². The van der Waals surface area contributed by atoms with Gasteiger partial charge in [-0.1, -0.05) is 17.3 Å². The normalized spacial score (nSPS) is 15.7. The van der Waals surface area contributed by atoms with Gasteiger partial charge in [-0.25, -0.2) is 4.98 Å². The summed E-state index contributed by atoms with van der Waals surface area (Å²) < 4.78 is 15.6. The van der Waals surface area contributed by atoms with E-state index in [9.17, 15) is 4.79 Å². The van der Waals surface area contributed by atoms with Gasteiger partial charge in [0.25, 0.3) is 11.8 Å². The van der Waals surface area contributed by atoms with Gasteiger partial charge in [-0.15, -0.1) is 0 Å². The van der Waals surface area contributed by atoms with Gasteiger partial charge in [0.2, 0.25) is 11.6 Å². The molecule has 1 aliphatic carbocycles. The largest absolute Gasteiger partial charge is 0.436 e. The van der Waals surface area contributed by atoms with Crippen molar-refractivity contribution in [3.05, 3.63) is 52.6 Å². The molecule has 0 bridgehead atoms. The number of aromatic nitrogens is 3. The van der Waals surface area contributed by atoms with Crippen LogP contribution in [0.3, 0.4) is 0 Å². The highest BCUT2D eigenvalue weighted by Gasteiger charge is 2.27. The molecule has 0 radical (unpaired) electrons. The molecule has 4 rings (SSSR count). The Bertz CT molecular complexity index is 992. The van der Waals surface area contributed by atoms with Crippen LogP contribution in [-0.2, 0) is 17.8 Å². The van der Waals surface area contributed by atoms with E-state index >= 15 is 0 Å². The average molecular weight is 368 g/mol. The highest BCUT2D eigenvalue weighted by molar-refractivity contribution is 5.92. The fourth-order valence-corrected chi connectivity index (χ4v) is 3.43. The van der Waals surface area contributed by atoms with Crippen LogP contribution in [0.5, 0.6) is 0 Å². The summed E-state index contributed by atoms with van der Waals surface area (Å²) in [5.41, 5.74) is 3.75. The van der Waals surface area contributed by atoms with Gasteiger partial charge in [0, 0.05) is 19.6 Å². The number of hydrogen-bond acceptors (Lipinski definition) is 7. The van der Waals surface area contributed by atoms with Crippen LogP contribution in [0.4, 0.5) is 0 Å². The Balaban J connectivity index is 1.52. The summed E-state index contributed by atoms with van der Waals surface area (Å²) in [5, 5.41) is 7.04. The van der Waals surface area contributed by atoms with E-state index < -0.39 is 0 Å². The summed E-state index contributed by atoms with van der Waals surface area (Å²) >= 11 is 0.